The van der Waals surface area contributed by atoms with E-state index in [1.54, 1.807) is 37.4 Å². The summed E-state index contributed by atoms with van der Waals surface area (Å²) in [5, 5.41) is 9.00. The van der Waals surface area contributed by atoms with Crippen molar-refractivity contribution in [3.63, 3.8) is 0 Å². The lowest BCUT2D eigenvalue weighted by Crippen LogP contribution is -2.31. The van der Waals surface area contributed by atoms with E-state index in [1.807, 2.05) is 18.2 Å². The van der Waals surface area contributed by atoms with Crippen LogP contribution in [0.1, 0.15) is 11.1 Å². The molecule has 8 nitrogen and oxygen atoms in total. The molecular formula is C21H20N2O6. The van der Waals surface area contributed by atoms with Crippen LogP contribution in [0.4, 0.5) is 0 Å². The van der Waals surface area contributed by atoms with E-state index >= 15 is 0 Å². The Morgan fingerprint density at radius 2 is 1.86 bits per heavy atom. The molecule has 1 aliphatic heterocycles. The lowest BCUT2D eigenvalue weighted by atomic mass is 10.2. The summed E-state index contributed by atoms with van der Waals surface area (Å²) in [4.78, 5) is 25.5. The first-order valence-corrected chi connectivity index (χ1v) is 8.97. The summed E-state index contributed by atoms with van der Waals surface area (Å²) < 4.78 is 21.3. The van der Waals surface area contributed by atoms with Crippen molar-refractivity contribution >= 4 is 11.9 Å². The maximum atomic E-state index is 12.2. The monoisotopic (exact) mass is 396 g/mol. The number of rotatable bonds is 7. The van der Waals surface area contributed by atoms with Gasteiger partial charge in [-0.3, -0.25) is 4.79 Å². The quantitative estimate of drug-likeness (QED) is 0.659. The van der Waals surface area contributed by atoms with E-state index in [0.717, 1.165) is 5.56 Å². The average molecular weight is 396 g/mol. The number of amides is 1. The molecule has 0 aromatic heterocycles. The van der Waals surface area contributed by atoms with Crippen molar-refractivity contribution in [2.75, 3.05) is 33.5 Å². The third kappa shape index (κ3) is 5.39. The standard InChI is InChI=1S/C21H20N2O6/c1-23(12-15-6-7-18-19(10-15)27-9-8-26-18)20(24)13-29-21(25)14-28-17-5-3-2-4-16(17)11-22/h2-7,10H,8-9,12-14H2,1H3. The van der Waals surface area contributed by atoms with E-state index in [1.165, 1.54) is 4.90 Å². The molecule has 0 atom stereocenters. The number of carbonyl (C=O) groups excluding carboxylic acids is 2. The second kappa shape index (κ2) is 9.46. The van der Waals surface area contributed by atoms with E-state index < -0.39 is 19.2 Å². The van der Waals surface area contributed by atoms with Crippen LogP contribution in [0.2, 0.25) is 0 Å². The number of carbonyl (C=O) groups is 2. The van der Waals surface area contributed by atoms with Gasteiger partial charge in [0.15, 0.2) is 24.7 Å². The predicted molar refractivity (Wildman–Crippen MR) is 102 cm³/mol. The molecule has 0 saturated heterocycles. The molecule has 1 amide bonds. The van der Waals surface area contributed by atoms with Crippen molar-refractivity contribution in [1.82, 2.24) is 4.90 Å². The van der Waals surface area contributed by atoms with Crippen LogP contribution in [-0.2, 0) is 20.9 Å². The molecule has 1 heterocycles. The molecule has 1 aliphatic rings. The Balaban J connectivity index is 1.45. The molecule has 0 saturated carbocycles. The fraction of sp³-hybridized carbons (Fsp3) is 0.286. The normalized spacial score (nSPS) is 11.9. The molecule has 0 N–H and O–H groups in total. The zero-order valence-electron chi connectivity index (χ0n) is 15.9. The summed E-state index contributed by atoms with van der Waals surface area (Å²) in [7, 11) is 1.62. The summed E-state index contributed by atoms with van der Waals surface area (Å²) in [5.74, 6) is 0.565. The van der Waals surface area contributed by atoms with Gasteiger partial charge in [-0.25, -0.2) is 4.79 Å². The van der Waals surface area contributed by atoms with E-state index in [-0.39, 0.29) is 11.7 Å². The second-order valence-electron chi connectivity index (χ2n) is 6.29. The lowest BCUT2D eigenvalue weighted by molar-refractivity contribution is -0.153. The number of benzene rings is 2. The molecule has 0 aliphatic carbocycles. The van der Waals surface area contributed by atoms with Gasteiger partial charge in [-0.15, -0.1) is 0 Å². The van der Waals surface area contributed by atoms with Crippen molar-refractivity contribution in [3.8, 4) is 23.3 Å². The topological polar surface area (TPSA) is 98.1 Å². The molecule has 3 rings (SSSR count). The van der Waals surface area contributed by atoms with Crippen LogP contribution in [0, 0.1) is 11.3 Å². The molecule has 2 aromatic carbocycles. The Bertz CT molecular complexity index is 937. The molecular weight excluding hydrogens is 376 g/mol. The number of esters is 1. The van der Waals surface area contributed by atoms with Crippen molar-refractivity contribution < 1.29 is 28.5 Å². The van der Waals surface area contributed by atoms with Gasteiger partial charge >= 0.3 is 5.97 Å². The van der Waals surface area contributed by atoms with Crippen LogP contribution in [0.15, 0.2) is 42.5 Å². The summed E-state index contributed by atoms with van der Waals surface area (Å²) >= 11 is 0. The zero-order chi connectivity index (χ0) is 20.6. The Hall–Kier alpha value is -3.73. The number of ether oxygens (including phenoxy) is 4. The van der Waals surface area contributed by atoms with Crippen molar-refractivity contribution in [3.05, 3.63) is 53.6 Å². The summed E-state index contributed by atoms with van der Waals surface area (Å²) in [5.41, 5.74) is 1.18. The Kier molecular flexibility index (Phi) is 6.53. The van der Waals surface area contributed by atoms with Crippen LogP contribution < -0.4 is 14.2 Å². The highest BCUT2D eigenvalue weighted by molar-refractivity contribution is 5.80. The minimum absolute atomic E-state index is 0.286. The molecule has 29 heavy (non-hydrogen) atoms. The van der Waals surface area contributed by atoms with Gasteiger partial charge in [0.05, 0.1) is 5.56 Å². The van der Waals surface area contributed by atoms with Crippen molar-refractivity contribution in [2.24, 2.45) is 0 Å². The molecule has 0 bridgehead atoms. The second-order valence-corrected chi connectivity index (χ2v) is 6.29. The molecule has 0 radical (unpaired) electrons. The first kappa shape index (κ1) is 20.0. The highest BCUT2D eigenvalue weighted by atomic mass is 16.6. The van der Waals surface area contributed by atoms with E-state index in [2.05, 4.69) is 0 Å². The largest absolute Gasteiger partial charge is 0.486 e. The minimum atomic E-state index is -0.696. The molecule has 0 spiro atoms. The van der Waals surface area contributed by atoms with E-state index in [0.29, 0.717) is 36.8 Å². The summed E-state index contributed by atoms with van der Waals surface area (Å²) in [6.07, 6.45) is 0. The van der Waals surface area contributed by atoms with Crippen LogP contribution in [-0.4, -0.2) is 50.3 Å². The summed E-state index contributed by atoms with van der Waals surface area (Å²) in [6, 6.07) is 14.0. The first-order valence-electron chi connectivity index (χ1n) is 8.97. The maximum Gasteiger partial charge on any atom is 0.344 e. The first-order chi connectivity index (χ1) is 14.1. The Morgan fingerprint density at radius 1 is 1.10 bits per heavy atom. The highest BCUT2D eigenvalue weighted by Gasteiger charge is 2.16. The van der Waals surface area contributed by atoms with Crippen LogP contribution >= 0.6 is 0 Å². The van der Waals surface area contributed by atoms with Crippen LogP contribution in [0.25, 0.3) is 0 Å². The van der Waals surface area contributed by atoms with Gasteiger partial charge in [-0.2, -0.15) is 5.26 Å². The van der Waals surface area contributed by atoms with Gasteiger partial charge in [0.2, 0.25) is 0 Å². The van der Waals surface area contributed by atoms with Gasteiger partial charge in [-0.1, -0.05) is 18.2 Å². The molecule has 150 valence electrons. The van der Waals surface area contributed by atoms with Gasteiger partial charge in [0, 0.05) is 13.6 Å². The predicted octanol–water partition coefficient (Wildman–Crippen LogP) is 1.91. The fourth-order valence-corrected chi connectivity index (χ4v) is 2.66. The van der Waals surface area contributed by atoms with Gasteiger partial charge < -0.3 is 23.8 Å². The van der Waals surface area contributed by atoms with Crippen LogP contribution in [0.3, 0.4) is 0 Å². The number of para-hydroxylation sites is 1. The fourth-order valence-electron chi connectivity index (χ4n) is 2.66. The molecule has 0 fully saturated rings. The van der Waals surface area contributed by atoms with Gasteiger partial charge in [0.25, 0.3) is 5.91 Å². The number of nitriles is 1. The number of nitrogens with zero attached hydrogens (tertiary/aromatic N) is 2. The molecule has 0 unspecified atom stereocenters. The number of fused-ring (bicyclic) bond motifs is 1. The van der Waals surface area contributed by atoms with Crippen LogP contribution in [0.5, 0.6) is 17.2 Å². The number of hydrogen-bond acceptors (Lipinski definition) is 7. The third-order valence-electron chi connectivity index (χ3n) is 4.16. The maximum absolute atomic E-state index is 12.2. The average Bonchev–Trinajstić information content (AvgIpc) is 2.76. The third-order valence-corrected chi connectivity index (χ3v) is 4.16. The van der Waals surface area contributed by atoms with Crippen molar-refractivity contribution in [1.29, 1.82) is 5.26 Å². The van der Waals surface area contributed by atoms with E-state index in [9.17, 15) is 9.59 Å². The SMILES string of the molecule is CN(Cc1ccc2c(c1)OCCO2)C(=O)COC(=O)COc1ccccc1C#N. The molecule has 8 heteroatoms. The van der Waals surface area contributed by atoms with Gasteiger partial charge in [-0.05, 0) is 29.8 Å². The molecule has 2 aromatic rings. The Labute approximate surface area is 168 Å². The number of likely N-dealkylation sites (N-methyl/N-ethyl adjacent to an activating group) is 1. The lowest BCUT2D eigenvalue weighted by Gasteiger charge is -2.21. The van der Waals surface area contributed by atoms with E-state index in [4.69, 9.17) is 24.2 Å². The number of hydrogen-bond donors (Lipinski definition) is 0. The minimum Gasteiger partial charge on any atom is -0.486 e. The summed E-state index contributed by atoms with van der Waals surface area (Å²) in [6.45, 7) is 0.546. The zero-order valence-corrected chi connectivity index (χ0v) is 15.9. The van der Waals surface area contributed by atoms with Gasteiger partial charge in [0.1, 0.15) is 25.0 Å². The Morgan fingerprint density at radius 3 is 2.66 bits per heavy atom. The smallest absolute Gasteiger partial charge is 0.344 e. The highest BCUT2D eigenvalue weighted by Crippen LogP contribution is 2.31. The van der Waals surface area contributed by atoms with Crippen molar-refractivity contribution in [2.45, 2.75) is 6.54 Å².